The molecule has 424 valence electrons. The minimum absolute atomic E-state index is 0. The number of pyridine rings is 2. The fourth-order valence-corrected chi connectivity index (χ4v) is 11.9. The number of piperidine rings is 2. The van der Waals surface area contributed by atoms with Gasteiger partial charge in [0.1, 0.15) is 0 Å². The topological polar surface area (TPSA) is 270 Å². The van der Waals surface area contributed by atoms with Crippen LogP contribution in [0.2, 0.25) is 0 Å². The van der Waals surface area contributed by atoms with Gasteiger partial charge in [0, 0.05) is 79.9 Å². The molecule has 0 spiro atoms. The second-order valence-corrected chi connectivity index (χ2v) is 21.6. The number of benzene rings is 2. The Morgan fingerprint density at radius 2 is 1.24 bits per heavy atom. The normalized spacial score (nSPS) is 19.7. The number of hydrogen-bond donors (Lipinski definition) is 2. The van der Waals surface area contributed by atoms with E-state index in [0.717, 1.165) is 115 Å². The van der Waals surface area contributed by atoms with E-state index in [4.69, 9.17) is 41.6 Å². The van der Waals surface area contributed by atoms with Gasteiger partial charge in [0.2, 0.25) is 0 Å². The number of para-hydroxylation sites is 2. The van der Waals surface area contributed by atoms with E-state index < -0.39 is 11.4 Å². The van der Waals surface area contributed by atoms with E-state index in [-0.39, 0.29) is 132 Å². The van der Waals surface area contributed by atoms with Gasteiger partial charge in [-0.15, -0.1) is 0 Å². The van der Waals surface area contributed by atoms with Crippen LogP contribution in [0.25, 0.3) is 33.4 Å². The van der Waals surface area contributed by atoms with Gasteiger partial charge in [0.05, 0.1) is 46.0 Å². The van der Waals surface area contributed by atoms with Crippen molar-refractivity contribution in [3.05, 3.63) is 95.6 Å². The Kier molecular flexibility index (Phi) is 26.6. The minimum atomic E-state index is -1.05. The van der Waals surface area contributed by atoms with Gasteiger partial charge < -0.3 is 56.4 Å². The van der Waals surface area contributed by atoms with Gasteiger partial charge in [-0.2, -0.15) is 16.3 Å². The maximum Gasteiger partial charge on any atom is 1.00 e. The second-order valence-electron chi connectivity index (χ2n) is 21.3. The van der Waals surface area contributed by atoms with E-state index in [1.165, 1.54) is 32.1 Å². The molecule has 2 aromatic carbocycles. The van der Waals surface area contributed by atoms with Gasteiger partial charge in [-0.1, -0.05) is 54.9 Å². The standard InChI is InChI=1S/C28H33N5O4.C24H26N5O.C4H7ClO2.CH2O3.3Na.H2O.H/c1-17(2)37-28(36)32-14-11-19-16-31(13-12-22(19)32)23-15-21(27(34)35)29-26-24(23)25(18-7-6-8-18)30-33(26)20-9-4-3-5-10-20;30-15-18-13-21(28-12-10-20-17(14-28)9-11-25-20)22-23(16-5-4-6-16)27-29(24(22)26-18)19-7-2-1-3-8-19;1-3(2)7-4(5)6;2-1-4-3;;;;;/h3-5,9-10,15,17-19,22H,6-8,11-14,16H2,1-2H3,(H,34,35);1-3,7-8,13,16-17,20,25H,4-6,9-12,14H2;3H,1-2H3;1,3H;;;;1H2;/q;-1;;;3*+1;;-1/p-2/t19-,22+;17-,20+;;;;;;;/m11......./s1. The van der Waals surface area contributed by atoms with Crippen LogP contribution >= 0.6 is 11.6 Å². The molecule has 4 aromatic heterocycles. The predicted octanol–water partition coefficient (Wildman–Crippen LogP) is -0.682. The van der Waals surface area contributed by atoms with Crippen LogP contribution in [0, 0.1) is 11.8 Å². The summed E-state index contributed by atoms with van der Waals surface area (Å²) in [5.41, 5.74) is 7.05. The van der Waals surface area contributed by atoms with Crippen molar-refractivity contribution < 1.29 is 144 Å². The maximum absolute atomic E-state index is 12.7. The Hall–Kier alpha value is -4.20. The zero-order valence-electron chi connectivity index (χ0n) is 48.9. The number of carbonyl (C=O) groups excluding carboxylic acids is 4. The molecular formula is C57H69ClN10Na3O11-. The third kappa shape index (κ3) is 15.8. The summed E-state index contributed by atoms with van der Waals surface area (Å²) >= 11 is 4.81. The van der Waals surface area contributed by atoms with Crippen LogP contribution in [0.3, 0.4) is 0 Å². The smallest absolute Gasteiger partial charge is 1.00 e. The van der Waals surface area contributed by atoms with E-state index in [2.05, 4.69) is 29.7 Å². The van der Waals surface area contributed by atoms with E-state index in [1.54, 1.807) is 19.9 Å². The van der Waals surface area contributed by atoms with Gasteiger partial charge in [0.15, 0.2) is 17.0 Å². The summed E-state index contributed by atoms with van der Waals surface area (Å²) in [5, 5.41) is 34.2. The quantitative estimate of drug-likeness (QED) is 0.0406. The van der Waals surface area contributed by atoms with Crippen LogP contribution < -0.4 is 109 Å². The van der Waals surface area contributed by atoms with Crippen LogP contribution in [-0.4, -0.2) is 139 Å². The maximum atomic E-state index is 12.7. The summed E-state index contributed by atoms with van der Waals surface area (Å²) < 4.78 is 13.6. The Balaban J connectivity index is 0.000000291. The molecule has 1 amide bonds. The predicted molar refractivity (Wildman–Crippen MR) is 294 cm³/mol. The number of halogens is 1. The second kappa shape index (κ2) is 31.8. The number of aromatic carboxylic acids is 1. The van der Waals surface area contributed by atoms with Crippen molar-refractivity contribution in [1.29, 1.82) is 0 Å². The van der Waals surface area contributed by atoms with Crippen molar-refractivity contribution in [2.24, 2.45) is 11.8 Å². The van der Waals surface area contributed by atoms with E-state index >= 15 is 0 Å². The average Bonchev–Trinajstić information content (AvgIpc) is 3.00. The fourth-order valence-electron chi connectivity index (χ4n) is 11.7. The van der Waals surface area contributed by atoms with Crippen molar-refractivity contribution in [2.75, 3.05) is 49.1 Å². The van der Waals surface area contributed by atoms with Crippen molar-refractivity contribution in [3.63, 3.8) is 0 Å². The molecule has 0 bridgehead atoms. The first-order chi connectivity index (χ1) is 37.8. The number of anilines is 2. The number of carbonyl (C=O) groups is 4. The van der Waals surface area contributed by atoms with E-state index in [9.17, 15) is 24.3 Å². The molecule has 4 atom stereocenters. The largest absolute Gasteiger partial charge is 1.00 e. The number of hydrogen-bond acceptors (Lipinski definition) is 17. The summed E-state index contributed by atoms with van der Waals surface area (Å²) in [6, 6.07) is 24.4. The third-order valence-electron chi connectivity index (χ3n) is 15.7. The number of carboxylic acid groups (broad SMARTS) is 1. The monoisotopic (exact) mass is 1170 g/mol. The molecule has 3 N–H and O–H groups in total. The molecule has 6 aliphatic rings. The molecular weight excluding hydrogens is 1110 g/mol. The van der Waals surface area contributed by atoms with Gasteiger partial charge in [0.25, 0.3) is 6.47 Å². The van der Waals surface area contributed by atoms with E-state index in [0.29, 0.717) is 47.6 Å². The first kappa shape index (κ1) is 68.6. The first-order valence-electron chi connectivity index (χ1n) is 27.1. The number of nitrogens with one attached hydrogen (secondary N) is 1. The molecule has 21 nitrogen and oxygen atoms in total. The molecule has 6 aromatic rings. The van der Waals surface area contributed by atoms with Gasteiger partial charge in [-0.25, -0.2) is 28.7 Å². The summed E-state index contributed by atoms with van der Waals surface area (Å²) in [4.78, 5) is 73.5. The number of amides is 1. The Morgan fingerprint density at radius 1 is 0.732 bits per heavy atom. The third-order valence-corrected chi connectivity index (χ3v) is 15.8. The molecule has 82 heavy (non-hydrogen) atoms. The first-order valence-corrected chi connectivity index (χ1v) is 27.5. The number of likely N-dealkylation sites (tertiary alicyclic amines) is 1. The molecule has 8 heterocycles. The van der Waals surface area contributed by atoms with Crippen LogP contribution in [0.5, 0.6) is 0 Å². The minimum Gasteiger partial charge on any atom is -1.00 e. The van der Waals surface area contributed by atoms with Crippen LogP contribution in [0.4, 0.5) is 21.0 Å². The van der Waals surface area contributed by atoms with Crippen molar-refractivity contribution >= 4 is 75.3 Å². The Morgan fingerprint density at radius 3 is 1.71 bits per heavy atom. The summed E-state index contributed by atoms with van der Waals surface area (Å²) in [6.45, 7) is 12.3. The zero-order chi connectivity index (χ0) is 55.0. The van der Waals surface area contributed by atoms with Gasteiger partial charge in [-0.05, 0) is 133 Å². The Bertz CT molecular complexity index is 3100. The van der Waals surface area contributed by atoms with Crippen LogP contribution in [-0.2, 0) is 24.0 Å². The van der Waals surface area contributed by atoms with Gasteiger partial charge >= 0.3 is 106 Å². The number of ether oxygens (including phenoxy) is 2. The molecule has 2 saturated carbocycles. The van der Waals surface area contributed by atoms with Crippen molar-refractivity contribution in [1.82, 2.24) is 39.7 Å². The number of nitrogens with zero attached hydrogens (tertiary/aromatic N) is 9. The van der Waals surface area contributed by atoms with Crippen molar-refractivity contribution in [2.45, 2.75) is 128 Å². The molecule has 0 radical (unpaired) electrons. The average molecular weight is 1170 g/mol. The number of aromatic nitrogens is 6. The molecule has 0 unspecified atom stereocenters. The van der Waals surface area contributed by atoms with Crippen LogP contribution in [0.1, 0.15) is 133 Å². The summed E-state index contributed by atoms with van der Waals surface area (Å²) in [6.07, 6.45) is 12.6. The number of carboxylic acids is 1. The SMILES string of the molecule is CC(C)OC(=O)Cl.CC(C)OC(=O)N1CC[C@@H]2CN(c3cc(C(=O)O)nc4c3c(C3CCC3)nn4-c3ccccc3)CC[C@@H]21.O=CO[O-].O=[C-]c1cc(N2CC[C@@H]3NCC[C@@H]3C2)c2c(C3CCC3)nn(-c3ccccc3)c2n1.[H-].[Na+].[Na+].[Na+].[OH-]. The fraction of sp³-hybridized carbons (Fsp3) is 0.491. The zero-order valence-corrected chi connectivity index (χ0v) is 54.7. The molecule has 4 aliphatic heterocycles. The molecule has 2 aliphatic carbocycles. The van der Waals surface area contributed by atoms with E-state index in [1.807, 2.05) is 101 Å². The molecule has 6 fully saturated rings. The van der Waals surface area contributed by atoms with Crippen LogP contribution in [0.15, 0.2) is 72.8 Å². The molecule has 4 saturated heterocycles. The number of rotatable bonds is 11. The molecule has 12 rings (SSSR count). The summed E-state index contributed by atoms with van der Waals surface area (Å²) in [5.74, 6) is 0.763. The van der Waals surface area contributed by atoms with Crippen molar-refractivity contribution in [3.8, 4) is 11.4 Å². The summed E-state index contributed by atoms with van der Waals surface area (Å²) in [7, 11) is 0. The van der Waals surface area contributed by atoms with Gasteiger partial charge in [-0.3, -0.25) is 9.78 Å². The molecule has 25 heteroatoms. The number of fused-ring (bicyclic) bond motifs is 4. The Labute approximate surface area is 550 Å².